The lowest BCUT2D eigenvalue weighted by molar-refractivity contribution is -0.144. The Morgan fingerprint density at radius 3 is 2.58 bits per heavy atom. The van der Waals surface area contributed by atoms with Crippen molar-refractivity contribution in [3.8, 4) is 0 Å². The van der Waals surface area contributed by atoms with Crippen LogP contribution in [-0.2, 0) is 4.79 Å². The first-order chi connectivity index (χ1) is 8.83. The van der Waals surface area contributed by atoms with Gasteiger partial charge >= 0.3 is 5.97 Å². The molecule has 0 aliphatic heterocycles. The average Bonchev–Trinajstić information content (AvgIpc) is 3.10. The van der Waals surface area contributed by atoms with Crippen molar-refractivity contribution in [3.05, 3.63) is 28.5 Å². The quantitative estimate of drug-likeness (QED) is 0.828. The molecule has 102 valence electrons. The van der Waals surface area contributed by atoms with E-state index in [4.69, 9.17) is 11.6 Å². The van der Waals surface area contributed by atoms with E-state index in [9.17, 15) is 14.7 Å². The van der Waals surface area contributed by atoms with E-state index < -0.39 is 17.4 Å². The number of hydrogen-bond donors (Lipinski definition) is 2. The van der Waals surface area contributed by atoms with Gasteiger partial charge in [0.15, 0.2) is 0 Å². The van der Waals surface area contributed by atoms with Crippen LogP contribution >= 0.6 is 11.6 Å². The number of carbonyl (C=O) groups excluding carboxylic acids is 1. The molecule has 1 unspecified atom stereocenters. The van der Waals surface area contributed by atoms with E-state index in [1.165, 1.54) is 6.07 Å². The number of nitrogens with zero attached hydrogens (tertiary/aromatic N) is 1. The third-order valence-corrected chi connectivity index (χ3v) is 3.59. The number of pyridine rings is 1. The van der Waals surface area contributed by atoms with Gasteiger partial charge < -0.3 is 10.4 Å². The van der Waals surface area contributed by atoms with E-state index >= 15 is 0 Å². The molecule has 5 nitrogen and oxygen atoms in total. The number of hydrogen-bond acceptors (Lipinski definition) is 3. The van der Waals surface area contributed by atoms with Crippen LogP contribution in [-0.4, -0.2) is 27.5 Å². The van der Waals surface area contributed by atoms with Gasteiger partial charge in [0.1, 0.15) is 10.7 Å². The van der Waals surface area contributed by atoms with Crippen LogP contribution in [0, 0.1) is 12.8 Å². The monoisotopic (exact) mass is 282 g/mol. The molecule has 1 aliphatic carbocycles. The first-order valence-electron chi connectivity index (χ1n) is 6.03. The Morgan fingerprint density at radius 1 is 1.47 bits per heavy atom. The van der Waals surface area contributed by atoms with Crippen molar-refractivity contribution in [1.82, 2.24) is 10.3 Å². The van der Waals surface area contributed by atoms with Crippen molar-refractivity contribution in [1.29, 1.82) is 0 Å². The number of halogens is 1. The molecule has 1 saturated carbocycles. The van der Waals surface area contributed by atoms with Crippen molar-refractivity contribution in [2.75, 3.05) is 0 Å². The zero-order chi connectivity index (χ0) is 14.2. The Kier molecular flexibility index (Phi) is 3.49. The van der Waals surface area contributed by atoms with Gasteiger partial charge in [-0.15, -0.1) is 0 Å². The van der Waals surface area contributed by atoms with Crippen LogP contribution in [0.4, 0.5) is 0 Å². The number of carbonyl (C=O) groups is 2. The predicted molar refractivity (Wildman–Crippen MR) is 70.2 cm³/mol. The Bertz CT molecular complexity index is 522. The highest BCUT2D eigenvalue weighted by Gasteiger charge is 2.48. The molecule has 1 amide bonds. The van der Waals surface area contributed by atoms with Crippen molar-refractivity contribution < 1.29 is 14.7 Å². The van der Waals surface area contributed by atoms with Crippen LogP contribution in [0.3, 0.4) is 0 Å². The maximum absolute atomic E-state index is 12.1. The third kappa shape index (κ3) is 2.87. The van der Waals surface area contributed by atoms with E-state index in [-0.39, 0.29) is 11.1 Å². The summed E-state index contributed by atoms with van der Waals surface area (Å²) >= 11 is 5.80. The second-order valence-corrected chi connectivity index (χ2v) is 5.44. The summed E-state index contributed by atoms with van der Waals surface area (Å²) in [6, 6.07) is 3.01. The maximum Gasteiger partial charge on any atom is 0.329 e. The summed E-state index contributed by atoms with van der Waals surface area (Å²) in [4.78, 5) is 27.5. The number of aromatic nitrogens is 1. The molecule has 6 heteroatoms. The van der Waals surface area contributed by atoms with Crippen molar-refractivity contribution in [2.24, 2.45) is 5.92 Å². The number of aliphatic carboxylic acids is 1. The maximum atomic E-state index is 12.1. The van der Waals surface area contributed by atoms with Crippen LogP contribution in [0.25, 0.3) is 0 Å². The number of nitrogens with one attached hydrogen (secondary N) is 1. The number of aryl methyl sites for hydroxylation is 1. The summed E-state index contributed by atoms with van der Waals surface area (Å²) in [5.74, 6) is -1.46. The number of rotatable bonds is 4. The first kappa shape index (κ1) is 13.8. The largest absolute Gasteiger partial charge is 0.480 e. The number of carboxylic acids is 1. The summed E-state index contributed by atoms with van der Waals surface area (Å²) in [6.45, 7) is 3.26. The second kappa shape index (κ2) is 4.81. The Morgan fingerprint density at radius 2 is 2.11 bits per heavy atom. The minimum absolute atomic E-state index is 0.00708. The van der Waals surface area contributed by atoms with Gasteiger partial charge in [0.05, 0.1) is 0 Å². The van der Waals surface area contributed by atoms with Crippen molar-refractivity contribution in [3.63, 3.8) is 0 Å². The number of carboxylic acid groups (broad SMARTS) is 1. The highest BCUT2D eigenvalue weighted by molar-refractivity contribution is 6.29. The van der Waals surface area contributed by atoms with E-state index in [1.807, 2.05) is 0 Å². The second-order valence-electron chi connectivity index (χ2n) is 5.06. The molecular formula is C13H15ClN2O3. The molecule has 0 bridgehead atoms. The molecule has 2 rings (SSSR count). The molecule has 0 saturated heterocycles. The molecule has 1 aromatic rings. The molecule has 1 aromatic heterocycles. The van der Waals surface area contributed by atoms with Crippen molar-refractivity contribution >= 4 is 23.5 Å². The van der Waals surface area contributed by atoms with Crippen LogP contribution in [0.2, 0.25) is 5.15 Å². The lowest BCUT2D eigenvalue weighted by Crippen LogP contribution is -2.54. The topological polar surface area (TPSA) is 79.3 Å². The molecule has 0 radical (unpaired) electrons. The third-order valence-electron chi connectivity index (χ3n) is 3.40. The lowest BCUT2D eigenvalue weighted by Gasteiger charge is -2.26. The lowest BCUT2D eigenvalue weighted by atomic mass is 9.95. The van der Waals surface area contributed by atoms with Gasteiger partial charge in [0.25, 0.3) is 5.91 Å². The minimum atomic E-state index is -1.22. The predicted octanol–water partition coefficient (Wildman–Crippen LogP) is 2.03. The molecule has 1 atom stereocenters. The van der Waals surface area contributed by atoms with Gasteiger partial charge in [0, 0.05) is 11.3 Å². The molecular weight excluding hydrogens is 268 g/mol. The van der Waals surface area contributed by atoms with Crippen molar-refractivity contribution in [2.45, 2.75) is 32.2 Å². The van der Waals surface area contributed by atoms with Gasteiger partial charge in [0.2, 0.25) is 0 Å². The highest BCUT2D eigenvalue weighted by atomic mass is 35.5. The molecule has 1 heterocycles. The molecule has 19 heavy (non-hydrogen) atoms. The molecule has 2 N–H and O–H groups in total. The summed E-state index contributed by atoms with van der Waals surface area (Å²) in [5.41, 5.74) is -0.285. The Balaban J connectivity index is 2.22. The smallest absolute Gasteiger partial charge is 0.329 e. The zero-order valence-corrected chi connectivity index (χ0v) is 11.5. The van der Waals surface area contributed by atoms with E-state index in [2.05, 4.69) is 10.3 Å². The SMILES string of the molecule is Cc1cc(C(=O)NC(C)(C(=O)O)C2CC2)cc(Cl)n1. The first-order valence-corrected chi connectivity index (χ1v) is 6.41. The fraction of sp³-hybridized carbons (Fsp3) is 0.462. The molecule has 0 spiro atoms. The normalized spacial score (nSPS) is 17.6. The Hall–Kier alpha value is -1.62. The fourth-order valence-corrected chi connectivity index (χ4v) is 2.31. The van der Waals surface area contributed by atoms with Gasteiger partial charge in [-0.1, -0.05) is 11.6 Å². The highest BCUT2D eigenvalue weighted by Crippen LogP contribution is 2.39. The summed E-state index contributed by atoms with van der Waals surface area (Å²) < 4.78 is 0. The summed E-state index contributed by atoms with van der Waals surface area (Å²) in [7, 11) is 0. The van der Waals surface area contributed by atoms with Crippen LogP contribution in [0.15, 0.2) is 12.1 Å². The molecule has 0 aromatic carbocycles. The van der Waals surface area contributed by atoms with Gasteiger partial charge in [-0.2, -0.15) is 0 Å². The summed E-state index contributed by atoms with van der Waals surface area (Å²) in [5, 5.41) is 12.1. The van der Waals surface area contributed by atoms with Crippen LogP contribution < -0.4 is 5.32 Å². The van der Waals surface area contributed by atoms with E-state index in [0.29, 0.717) is 11.3 Å². The van der Waals surface area contributed by atoms with Crippen LogP contribution in [0.1, 0.15) is 35.8 Å². The molecule has 1 fully saturated rings. The average molecular weight is 283 g/mol. The zero-order valence-electron chi connectivity index (χ0n) is 10.7. The Labute approximate surface area is 116 Å². The fourth-order valence-electron chi connectivity index (χ4n) is 2.06. The number of amides is 1. The summed E-state index contributed by atoms with van der Waals surface area (Å²) in [6.07, 6.45) is 1.64. The van der Waals surface area contributed by atoms with Gasteiger partial charge in [-0.05, 0) is 44.7 Å². The van der Waals surface area contributed by atoms with Crippen LogP contribution in [0.5, 0.6) is 0 Å². The standard InChI is InChI=1S/C13H15ClN2O3/c1-7-5-8(6-10(14)15-7)11(17)16-13(2,12(18)19)9-3-4-9/h5-6,9H,3-4H2,1-2H3,(H,16,17)(H,18,19). The molecule has 1 aliphatic rings. The minimum Gasteiger partial charge on any atom is -0.480 e. The van der Waals surface area contributed by atoms with E-state index in [0.717, 1.165) is 12.8 Å². The van der Waals surface area contributed by atoms with Gasteiger partial charge in [-0.3, -0.25) is 4.79 Å². The van der Waals surface area contributed by atoms with Gasteiger partial charge in [-0.25, -0.2) is 9.78 Å². The van der Waals surface area contributed by atoms with E-state index in [1.54, 1.807) is 19.9 Å².